The van der Waals surface area contributed by atoms with Crippen molar-refractivity contribution in [3.05, 3.63) is 11.9 Å². The Morgan fingerprint density at radius 1 is 1.47 bits per heavy atom. The van der Waals surface area contributed by atoms with Crippen LogP contribution in [0.25, 0.3) is 0 Å². The van der Waals surface area contributed by atoms with E-state index in [4.69, 9.17) is 11.5 Å². The van der Waals surface area contributed by atoms with Gasteiger partial charge in [-0.05, 0) is 6.92 Å². The summed E-state index contributed by atoms with van der Waals surface area (Å²) >= 11 is 0. The second-order valence-corrected chi connectivity index (χ2v) is 2.94. The van der Waals surface area contributed by atoms with Gasteiger partial charge in [0.05, 0.1) is 0 Å². The number of hydrogen-bond donors (Lipinski definition) is 4. The van der Waals surface area contributed by atoms with Crippen LogP contribution < -0.4 is 22.1 Å². The van der Waals surface area contributed by atoms with Gasteiger partial charge in [-0.3, -0.25) is 0 Å². The molecular weight excluding hydrogens is 196 g/mol. The van der Waals surface area contributed by atoms with Gasteiger partial charge in [0.15, 0.2) is 0 Å². The van der Waals surface area contributed by atoms with Crippen molar-refractivity contribution in [2.45, 2.75) is 6.92 Å². The molecule has 1 aromatic heterocycles. The highest BCUT2D eigenvalue weighted by Gasteiger charge is 1.98. The van der Waals surface area contributed by atoms with Crippen LogP contribution in [0, 0.1) is 6.92 Å². The zero-order chi connectivity index (χ0) is 11.3. The fourth-order valence-corrected chi connectivity index (χ4v) is 1.06. The summed E-state index contributed by atoms with van der Waals surface area (Å²) in [6.45, 7) is 2.71. The van der Waals surface area contributed by atoms with Gasteiger partial charge in [-0.2, -0.15) is 0 Å². The number of primary amides is 1. The van der Waals surface area contributed by atoms with Crippen LogP contribution in [0.5, 0.6) is 0 Å². The molecular formula is C8H14N6O. The van der Waals surface area contributed by atoms with Crippen LogP contribution >= 0.6 is 0 Å². The fraction of sp³-hybridized carbons (Fsp3) is 0.375. The van der Waals surface area contributed by atoms with Gasteiger partial charge in [-0.15, -0.1) is 0 Å². The standard InChI is InChI=1S/C8H14N6O/c1-5-13-6(9)4-7(14-5)11-2-3-12-8(10)15/h4H,2-3H2,1H3,(H3,10,12,15)(H3,9,11,13,14). The van der Waals surface area contributed by atoms with Crippen molar-refractivity contribution >= 4 is 17.7 Å². The van der Waals surface area contributed by atoms with E-state index in [2.05, 4.69) is 20.6 Å². The van der Waals surface area contributed by atoms with E-state index in [1.165, 1.54) is 0 Å². The maximum absolute atomic E-state index is 10.4. The molecule has 0 unspecified atom stereocenters. The van der Waals surface area contributed by atoms with E-state index < -0.39 is 6.03 Å². The van der Waals surface area contributed by atoms with Gasteiger partial charge in [0, 0.05) is 19.2 Å². The van der Waals surface area contributed by atoms with Gasteiger partial charge >= 0.3 is 6.03 Å². The van der Waals surface area contributed by atoms with Gasteiger partial charge < -0.3 is 22.1 Å². The van der Waals surface area contributed by atoms with Gasteiger partial charge in [0.25, 0.3) is 0 Å². The van der Waals surface area contributed by atoms with Crippen molar-refractivity contribution in [3.63, 3.8) is 0 Å². The second kappa shape index (κ2) is 4.99. The summed E-state index contributed by atoms with van der Waals surface area (Å²) in [5.41, 5.74) is 10.4. The Balaban J connectivity index is 2.40. The molecule has 2 amide bonds. The predicted octanol–water partition coefficient (Wildman–Crippen LogP) is -0.553. The highest BCUT2D eigenvalue weighted by molar-refractivity contribution is 5.71. The maximum Gasteiger partial charge on any atom is 0.312 e. The first-order chi connectivity index (χ1) is 7.08. The van der Waals surface area contributed by atoms with Gasteiger partial charge in [0.1, 0.15) is 17.5 Å². The zero-order valence-electron chi connectivity index (χ0n) is 8.45. The third-order valence-electron chi connectivity index (χ3n) is 1.59. The van der Waals surface area contributed by atoms with Crippen molar-refractivity contribution in [2.24, 2.45) is 5.73 Å². The molecule has 0 aliphatic carbocycles. The molecule has 82 valence electrons. The van der Waals surface area contributed by atoms with Gasteiger partial charge in [-0.25, -0.2) is 14.8 Å². The number of nitrogens with zero attached hydrogens (tertiary/aromatic N) is 2. The minimum Gasteiger partial charge on any atom is -0.384 e. The van der Waals surface area contributed by atoms with Crippen LogP contribution in [0.2, 0.25) is 0 Å². The number of aryl methyl sites for hydroxylation is 1. The quantitative estimate of drug-likeness (QED) is 0.497. The van der Waals surface area contributed by atoms with Gasteiger partial charge in [-0.1, -0.05) is 0 Å². The molecule has 0 bridgehead atoms. The number of amides is 2. The first kappa shape index (κ1) is 11.0. The molecule has 6 N–H and O–H groups in total. The monoisotopic (exact) mass is 210 g/mol. The van der Waals surface area contributed by atoms with Crippen LogP contribution in [-0.4, -0.2) is 29.1 Å². The number of anilines is 2. The molecule has 0 fully saturated rings. The maximum atomic E-state index is 10.4. The van der Waals surface area contributed by atoms with E-state index >= 15 is 0 Å². The smallest absolute Gasteiger partial charge is 0.312 e. The summed E-state index contributed by atoms with van der Waals surface area (Å²) in [5, 5.41) is 5.43. The van der Waals surface area contributed by atoms with Crippen LogP contribution in [0.3, 0.4) is 0 Å². The molecule has 7 nitrogen and oxygen atoms in total. The van der Waals surface area contributed by atoms with Crippen LogP contribution in [0.1, 0.15) is 5.82 Å². The lowest BCUT2D eigenvalue weighted by molar-refractivity contribution is 0.249. The van der Waals surface area contributed by atoms with E-state index in [0.29, 0.717) is 30.5 Å². The van der Waals surface area contributed by atoms with E-state index in [1.54, 1.807) is 13.0 Å². The minimum absolute atomic E-state index is 0.410. The molecule has 1 heterocycles. The number of nitrogens with one attached hydrogen (secondary N) is 2. The van der Waals surface area contributed by atoms with E-state index in [1.807, 2.05) is 0 Å². The van der Waals surface area contributed by atoms with Gasteiger partial charge in [0.2, 0.25) is 0 Å². The summed E-state index contributed by atoms with van der Waals surface area (Å²) in [5.74, 6) is 1.64. The number of hydrogen-bond acceptors (Lipinski definition) is 5. The lowest BCUT2D eigenvalue weighted by Crippen LogP contribution is -2.33. The molecule has 1 rings (SSSR count). The number of nitrogen functional groups attached to an aromatic ring is 1. The van der Waals surface area contributed by atoms with E-state index in [-0.39, 0.29) is 0 Å². The Labute approximate surface area is 87.3 Å². The molecule has 15 heavy (non-hydrogen) atoms. The lowest BCUT2D eigenvalue weighted by atomic mass is 10.5. The topological polar surface area (TPSA) is 119 Å². The lowest BCUT2D eigenvalue weighted by Gasteiger charge is -2.06. The number of urea groups is 1. The van der Waals surface area contributed by atoms with E-state index in [9.17, 15) is 4.79 Å². The minimum atomic E-state index is -0.546. The molecule has 0 saturated carbocycles. The number of carbonyl (C=O) groups is 1. The first-order valence-electron chi connectivity index (χ1n) is 4.46. The molecule has 7 heteroatoms. The predicted molar refractivity (Wildman–Crippen MR) is 57.3 cm³/mol. The molecule has 1 aromatic rings. The normalized spacial score (nSPS) is 9.67. The third-order valence-corrected chi connectivity index (χ3v) is 1.59. The van der Waals surface area contributed by atoms with Crippen LogP contribution in [0.15, 0.2) is 6.07 Å². The van der Waals surface area contributed by atoms with Crippen molar-refractivity contribution in [2.75, 3.05) is 24.1 Å². The highest BCUT2D eigenvalue weighted by atomic mass is 16.2. The van der Waals surface area contributed by atoms with Crippen molar-refractivity contribution in [3.8, 4) is 0 Å². The number of aromatic nitrogens is 2. The Morgan fingerprint density at radius 2 is 2.20 bits per heavy atom. The average Bonchev–Trinajstić information content (AvgIpc) is 2.10. The second-order valence-electron chi connectivity index (χ2n) is 2.94. The van der Waals surface area contributed by atoms with Crippen LogP contribution in [-0.2, 0) is 0 Å². The van der Waals surface area contributed by atoms with Crippen LogP contribution in [0.4, 0.5) is 16.4 Å². The largest absolute Gasteiger partial charge is 0.384 e. The first-order valence-corrected chi connectivity index (χ1v) is 4.46. The fourth-order valence-electron chi connectivity index (χ4n) is 1.06. The summed E-state index contributed by atoms with van der Waals surface area (Å²) in [6.07, 6.45) is 0. The summed E-state index contributed by atoms with van der Waals surface area (Å²) in [7, 11) is 0. The number of carbonyl (C=O) groups excluding carboxylic acids is 1. The molecule has 0 aliphatic heterocycles. The average molecular weight is 210 g/mol. The highest BCUT2D eigenvalue weighted by Crippen LogP contribution is 2.06. The summed E-state index contributed by atoms with van der Waals surface area (Å²) < 4.78 is 0. The Kier molecular flexibility index (Phi) is 3.67. The number of nitrogens with two attached hydrogens (primary N) is 2. The Morgan fingerprint density at radius 3 is 2.80 bits per heavy atom. The SMILES string of the molecule is Cc1nc(N)cc(NCCNC(N)=O)n1. The molecule has 0 spiro atoms. The molecule has 0 atom stereocenters. The van der Waals surface area contributed by atoms with E-state index in [0.717, 1.165) is 0 Å². The third kappa shape index (κ3) is 4.12. The summed E-state index contributed by atoms with van der Waals surface area (Å²) in [4.78, 5) is 18.4. The zero-order valence-corrected chi connectivity index (χ0v) is 8.45. The molecule has 0 aliphatic rings. The molecule has 0 radical (unpaired) electrons. The number of rotatable bonds is 4. The Hall–Kier alpha value is -2.05. The van der Waals surface area contributed by atoms with Crippen molar-refractivity contribution in [1.82, 2.24) is 15.3 Å². The van der Waals surface area contributed by atoms with Crippen molar-refractivity contribution < 1.29 is 4.79 Å². The van der Waals surface area contributed by atoms with Crippen molar-refractivity contribution in [1.29, 1.82) is 0 Å². The Bertz CT molecular complexity index is 333. The molecule has 0 aromatic carbocycles. The molecule has 0 saturated heterocycles. The summed E-state index contributed by atoms with van der Waals surface area (Å²) in [6, 6.07) is 1.08.